The molecule has 1 aromatic carbocycles. The fourth-order valence-electron chi connectivity index (χ4n) is 2.90. The normalized spacial score (nSPS) is 23.2. The largest absolute Gasteiger partial charge is 0.311 e. The lowest BCUT2D eigenvalue weighted by molar-refractivity contribution is -0.121. The van der Waals surface area contributed by atoms with Crippen molar-refractivity contribution in [3.8, 4) is 0 Å². The lowest BCUT2D eigenvalue weighted by Crippen LogP contribution is -2.51. The summed E-state index contributed by atoms with van der Waals surface area (Å²) in [5.74, 6) is 0.240. The lowest BCUT2D eigenvalue weighted by atomic mass is 10.0. The molecule has 1 heterocycles. The molecule has 0 bridgehead atoms. The number of halogens is 1. The van der Waals surface area contributed by atoms with Crippen molar-refractivity contribution in [2.75, 3.05) is 11.4 Å². The highest BCUT2D eigenvalue weighted by Gasteiger charge is 2.34. The van der Waals surface area contributed by atoms with Gasteiger partial charge >= 0.3 is 0 Å². The average molecular weight is 337 g/mol. The molecule has 1 atom stereocenters. The zero-order valence-electron chi connectivity index (χ0n) is 12.1. The van der Waals surface area contributed by atoms with E-state index in [2.05, 4.69) is 47.2 Å². The van der Waals surface area contributed by atoms with Gasteiger partial charge < -0.3 is 10.2 Å². The smallest absolute Gasteiger partial charge is 0.244 e. The van der Waals surface area contributed by atoms with Gasteiger partial charge in [-0.1, -0.05) is 15.9 Å². The summed E-state index contributed by atoms with van der Waals surface area (Å²) in [6.07, 6.45) is 4.49. The molecule has 2 aliphatic rings. The number of amides is 1. The molecule has 1 amide bonds. The number of anilines is 1. The quantitative estimate of drug-likeness (QED) is 0.918. The predicted octanol–water partition coefficient (Wildman–Crippen LogP) is 3.31. The molecule has 0 spiro atoms. The van der Waals surface area contributed by atoms with E-state index in [0.717, 1.165) is 29.5 Å². The van der Waals surface area contributed by atoms with Gasteiger partial charge in [-0.3, -0.25) is 4.79 Å². The summed E-state index contributed by atoms with van der Waals surface area (Å²) < 4.78 is 1.14. The van der Waals surface area contributed by atoms with Gasteiger partial charge in [-0.25, -0.2) is 0 Å². The second kappa shape index (κ2) is 5.49. The molecule has 3 nitrogen and oxygen atoms in total. The predicted molar refractivity (Wildman–Crippen MR) is 85.1 cm³/mol. The molecule has 2 fully saturated rings. The lowest BCUT2D eigenvalue weighted by Gasteiger charge is -2.33. The molecular formula is C16H21BrN2O. The number of carbonyl (C=O) groups excluding carboxylic acids is 1. The molecule has 4 heteroatoms. The Hall–Kier alpha value is -0.870. The summed E-state index contributed by atoms with van der Waals surface area (Å²) in [5.41, 5.74) is 3.41. The number of nitrogens with one attached hydrogen (secondary N) is 1. The minimum atomic E-state index is 0.0144. The van der Waals surface area contributed by atoms with Crippen molar-refractivity contribution in [1.29, 1.82) is 0 Å². The number of hydrogen-bond donors (Lipinski definition) is 1. The Kier molecular flexibility index (Phi) is 3.87. The third-order valence-electron chi connectivity index (χ3n) is 4.19. The second-order valence-corrected chi connectivity index (χ2v) is 6.81. The van der Waals surface area contributed by atoms with Crippen LogP contribution >= 0.6 is 15.9 Å². The van der Waals surface area contributed by atoms with E-state index in [1.807, 2.05) is 4.90 Å². The van der Waals surface area contributed by atoms with Gasteiger partial charge in [-0.2, -0.15) is 0 Å². The van der Waals surface area contributed by atoms with Crippen molar-refractivity contribution in [3.05, 3.63) is 27.7 Å². The molecule has 1 unspecified atom stereocenters. The summed E-state index contributed by atoms with van der Waals surface area (Å²) in [5, 5.41) is 3.48. The number of hydrogen-bond acceptors (Lipinski definition) is 2. The third kappa shape index (κ3) is 2.77. The third-order valence-corrected chi connectivity index (χ3v) is 5.44. The topological polar surface area (TPSA) is 32.3 Å². The summed E-state index contributed by atoms with van der Waals surface area (Å²) >= 11 is 3.59. The summed E-state index contributed by atoms with van der Waals surface area (Å²) in [7, 11) is 0. The van der Waals surface area contributed by atoms with Crippen LogP contribution in [0.3, 0.4) is 0 Å². The minimum absolute atomic E-state index is 0.0144. The van der Waals surface area contributed by atoms with Crippen LogP contribution in [0.2, 0.25) is 0 Å². The Morgan fingerprint density at radius 3 is 2.45 bits per heavy atom. The van der Waals surface area contributed by atoms with Gasteiger partial charge in [0, 0.05) is 22.7 Å². The van der Waals surface area contributed by atoms with Crippen molar-refractivity contribution >= 4 is 27.5 Å². The maximum atomic E-state index is 12.6. The second-order valence-electron chi connectivity index (χ2n) is 6.02. The molecule has 3 rings (SSSR count). The molecule has 1 aromatic rings. The van der Waals surface area contributed by atoms with E-state index in [9.17, 15) is 4.79 Å². The first-order chi connectivity index (χ1) is 9.56. The molecule has 20 heavy (non-hydrogen) atoms. The molecule has 1 aliphatic carbocycles. The van der Waals surface area contributed by atoms with Crippen molar-refractivity contribution in [1.82, 2.24) is 5.32 Å². The molecular weight excluding hydrogens is 316 g/mol. The van der Waals surface area contributed by atoms with E-state index >= 15 is 0 Å². The Balaban J connectivity index is 1.83. The van der Waals surface area contributed by atoms with Crippen molar-refractivity contribution in [2.45, 2.75) is 51.6 Å². The number of rotatable bonds is 3. The number of aryl methyl sites for hydroxylation is 2. The van der Waals surface area contributed by atoms with Crippen molar-refractivity contribution in [2.24, 2.45) is 0 Å². The molecule has 108 valence electrons. The number of benzene rings is 1. The number of carbonyl (C=O) groups is 1. The maximum absolute atomic E-state index is 12.6. The van der Waals surface area contributed by atoms with E-state index in [0.29, 0.717) is 6.04 Å². The number of nitrogens with zero attached hydrogens (tertiary/aromatic N) is 1. The fraction of sp³-hybridized carbons (Fsp3) is 0.562. The van der Waals surface area contributed by atoms with Crippen LogP contribution in [0.4, 0.5) is 5.69 Å². The highest BCUT2D eigenvalue weighted by Crippen LogP contribution is 2.30. The van der Waals surface area contributed by atoms with Crippen molar-refractivity contribution in [3.63, 3.8) is 0 Å². The van der Waals surface area contributed by atoms with Crippen LogP contribution in [-0.2, 0) is 4.79 Å². The molecule has 1 N–H and O–H groups in total. The van der Waals surface area contributed by atoms with Gasteiger partial charge in [0.2, 0.25) is 5.91 Å². The van der Waals surface area contributed by atoms with Gasteiger partial charge in [0.1, 0.15) is 0 Å². The highest BCUT2D eigenvalue weighted by atomic mass is 79.9. The summed E-state index contributed by atoms with van der Waals surface area (Å²) in [4.78, 5) is 14.6. The van der Waals surface area contributed by atoms with E-state index in [4.69, 9.17) is 0 Å². The van der Waals surface area contributed by atoms with Gasteiger partial charge in [0.15, 0.2) is 0 Å². The van der Waals surface area contributed by atoms with Gasteiger partial charge in [-0.15, -0.1) is 0 Å². The Bertz CT molecular complexity index is 516. The molecule has 1 saturated carbocycles. The Morgan fingerprint density at radius 1 is 1.20 bits per heavy atom. The first-order valence-corrected chi connectivity index (χ1v) is 8.20. The fourth-order valence-corrected chi connectivity index (χ4v) is 3.13. The van der Waals surface area contributed by atoms with Crippen LogP contribution in [0.1, 0.15) is 36.8 Å². The monoisotopic (exact) mass is 336 g/mol. The molecule has 1 saturated heterocycles. The minimum Gasteiger partial charge on any atom is -0.311 e. The SMILES string of the molecule is Cc1cc(N2CCCC(NC3CC3)C2=O)cc(C)c1Br. The average Bonchev–Trinajstić information content (AvgIpc) is 3.22. The van der Waals surface area contributed by atoms with E-state index < -0.39 is 0 Å². The zero-order valence-corrected chi connectivity index (χ0v) is 13.7. The van der Waals surface area contributed by atoms with Crippen LogP contribution in [0.5, 0.6) is 0 Å². The summed E-state index contributed by atoms with van der Waals surface area (Å²) in [6.45, 7) is 4.99. The molecule has 0 aromatic heterocycles. The highest BCUT2D eigenvalue weighted by molar-refractivity contribution is 9.10. The van der Waals surface area contributed by atoms with Crippen molar-refractivity contribution < 1.29 is 4.79 Å². The van der Waals surface area contributed by atoms with Gasteiger partial charge in [0.25, 0.3) is 0 Å². The van der Waals surface area contributed by atoms with Crippen LogP contribution < -0.4 is 10.2 Å². The van der Waals surface area contributed by atoms with Gasteiger partial charge in [0.05, 0.1) is 6.04 Å². The maximum Gasteiger partial charge on any atom is 0.244 e. The standard InChI is InChI=1S/C16H21BrN2O/c1-10-8-13(9-11(2)15(10)17)19-7-3-4-14(16(19)20)18-12-5-6-12/h8-9,12,14,18H,3-7H2,1-2H3. The van der Waals surface area contributed by atoms with Crippen LogP contribution in [0, 0.1) is 13.8 Å². The zero-order chi connectivity index (χ0) is 14.3. The van der Waals surface area contributed by atoms with E-state index in [-0.39, 0.29) is 11.9 Å². The molecule has 0 radical (unpaired) electrons. The van der Waals surface area contributed by atoms with E-state index in [1.165, 1.54) is 24.0 Å². The first-order valence-electron chi connectivity index (χ1n) is 7.40. The van der Waals surface area contributed by atoms with E-state index in [1.54, 1.807) is 0 Å². The van der Waals surface area contributed by atoms with Crippen LogP contribution in [0.25, 0.3) is 0 Å². The molecule has 1 aliphatic heterocycles. The number of piperidine rings is 1. The van der Waals surface area contributed by atoms with Crippen LogP contribution in [-0.4, -0.2) is 24.5 Å². The first kappa shape index (κ1) is 14.1. The van der Waals surface area contributed by atoms with Crippen LogP contribution in [0.15, 0.2) is 16.6 Å². The summed E-state index contributed by atoms with van der Waals surface area (Å²) in [6, 6.07) is 4.81. The Labute approximate surface area is 128 Å². The van der Waals surface area contributed by atoms with Gasteiger partial charge in [-0.05, 0) is 62.8 Å². The Morgan fingerprint density at radius 2 is 1.85 bits per heavy atom.